The lowest BCUT2D eigenvalue weighted by Gasteiger charge is -2.13. The molecule has 1 aromatic rings. The molecule has 0 spiro atoms. The van der Waals surface area contributed by atoms with Crippen LogP contribution in [0.4, 0.5) is 0 Å². The van der Waals surface area contributed by atoms with E-state index in [1.54, 1.807) is 12.4 Å². The number of aliphatic hydroxyl groups excluding tert-OH is 1. The zero-order chi connectivity index (χ0) is 10.9. The Morgan fingerprint density at radius 1 is 1.40 bits per heavy atom. The van der Waals surface area contributed by atoms with Gasteiger partial charge in [-0.15, -0.1) is 0 Å². The largest absolute Gasteiger partial charge is 0.396 e. The fraction of sp³-hybridized carbons (Fsp3) is 0.636. The monoisotopic (exact) mass is 209 g/mol. The fourth-order valence-electron chi connectivity index (χ4n) is 1.44. The minimum Gasteiger partial charge on any atom is -0.396 e. The smallest absolute Gasteiger partial charge is 0.141 e. The Morgan fingerprint density at radius 2 is 2.13 bits per heavy atom. The van der Waals surface area contributed by atoms with E-state index in [1.807, 2.05) is 6.07 Å². The molecule has 2 N–H and O–H groups in total. The molecular weight excluding hydrogens is 190 g/mol. The highest BCUT2D eigenvalue weighted by Crippen LogP contribution is 2.05. The van der Waals surface area contributed by atoms with Crippen molar-refractivity contribution in [1.29, 1.82) is 0 Å². The third-order valence-corrected chi connectivity index (χ3v) is 2.45. The van der Waals surface area contributed by atoms with E-state index in [-0.39, 0.29) is 6.61 Å². The molecule has 0 bridgehead atoms. The van der Waals surface area contributed by atoms with Crippen molar-refractivity contribution in [3.63, 3.8) is 0 Å². The van der Waals surface area contributed by atoms with Crippen LogP contribution in [-0.4, -0.2) is 28.2 Å². The van der Waals surface area contributed by atoms with Gasteiger partial charge in [-0.05, 0) is 24.9 Å². The van der Waals surface area contributed by atoms with Crippen molar-refractivity contribution in [3.8, 4) is 0 Å². The van der Waals surface area contributed by atoms with Gasteiger partial charge < -0.3 is 10.4 Å². The number of nitrogens with one attached hydrogen (secondary N) is 1. The molecule has 84 valence electrons. The Morgan fingerprint density at radius 3 is 2.73 bits per heavy atom. The van der Waals surface area contributed by atoms with Gasteiger partial charge in [0.25, 0.3) is 0 Å². The Hall–Kier alpha value is -1.00. The van der Waals surface area contributed by atoms with E-state index in [4.69, 9.17) is 5.11 Å². The molecule has 0 aliphatic rings. The second kappa shape index (κ2) is 7.31. The van der Waals surface area contributed by atoms with E-state index in [0.29, 0.717) is 12.5 Å². The standard InChI is InChI=1S/C11H19N3O/c1-2-10(4-7-15)8-12-9-11-13-5-3-6-14-11/h3,5-6,10,12,15H,2,4,7-9H2,1H3. The zero-order valence-electron chi connectivity index (χ0n) is 9.19. The molecule has 0 saturated carbocycles. The van der Waals surface area contributed by atoms with Gasteiger partial charge in [0.05, 0.1) is 6.54 Å². The fourth-order valence-corrected chi connectivity index (χ4v) is 1.44. The maximum absolute atomic E-state index is 8.83. The lowest BCUT2D eigenvalue weighted by Crippen LogP contribution is -2.23. The predicted octanol–water partition coefficient (Wildman–Crippen LogP) is 0.975. The summed E-state index contributed by atoms with van der Waals surface area (Å²) in [6.07, 6.45) is 5.44. The number of aliphatic hydroxyl groups is 1. The quantitative estimate of drug-likeness (QED) is 0.702. The van der Waals surface area contributed by atoms with Crippen LogP contribution in [0.1, 0.15) is 25.6 Å². The number of aromatic nitrogens is 2. The number of rotatable bonds is 7. The molecular formula is C11H19N3O. The highest BCUT2D eigenvalue weighted by Gasteiger charge is 2.04. The molecule has 1 unspecified atom stereocenters. The minimum absolute atomic E-state index is 0.266. The van der Waals surface area contributed by atoms with E-state index in [0.717, 1.165) is 25.2 Å². The Labute approximate surface area is 90.8 Å². The molecule has 0 amide bonds. The van der Waals surface area contributed by atoms with Crippen LogP contribution < -0.4 is 5.32 Å². The average Bonchev–Trinajstić information content (AvgIpc) is 2.29. The molecule has 0 aliphatic heterocycles. The summed E-state index contributed by atoms with van der Waals surface area (Å²) in [4.78, 5) is 8.25. The van der Waals surface area contributed by atoms with Gasteiger partial charge >= 0.3 is 0 Å². The summed E-state index contributed by atoms with van der Waals surface area (Å²) < 4.78 is 0. The lowest BCUT2D eigenvalue weighted by atomic mass is 10.0. The Bertz CT molecular complexity index is 253. The second-order valence-electron chi connectivity index (χ2n) is 3.58. The van der Waals surface area contributed by atoms with Crippen molar-refractivity contribution in [2.24, 2.45) is 5.92 Å². The third-order valence-electron chi connectivity index (χ3n) is 2.45. The van der Waals surface area contributed by atoms with E-state index >= 15 is 0 Å². The highest BCUT2D eigenvalue weighted by molar-refractivity contribution is 4.87. The zero-order valence-corrected chi connectivity index (χ0v) is 9.19. The number of hydrogen-bond acceptors (Lipinski definition) is 4. The summed E-state index contributed by atoms with van der Waals surface area (Å²) in [7, 11) is 0. The van der Waals surface area contributed by atoms with Crippen LogP contribution in [0.2, 0.25) is 0 Å². The van der Waals surface area contributed by atoms with Gasteiger partial charge in [0, 0.05) is 19.0 Å². The summed E-state index contributed by atoms with van der Waals surface area (Å²) in [5.74, 6) is 1.36. The van der Waals surface area contributed by atoms with Crippen LogP contribution in [-0.2, 0) is 6.54 Å². The molecule has 1 atom stereocenters. The van der Waals surface area contributed by atoms with E-state index in [1.165, 1.54) is 0 Å². The lowest BCUT2D eigenvalue weighted by molar-refractivity contribution is 0.251. The summed E-state index contributed by atoms with van der Waals surface area (Å²) in [5, 5.41) is 12.1. The van der Waals surface area contributed by atoms with Crippen LogP contribution in [0.15, 0.2) is 18.5 Å². The topological polar surface area (TPSA) is 58.0 Å². The van der Waals surface area contributed by atoms with Crippen LogP contribution in [0.3, 0.4) is 0 Å². The number of hydrogen-bond donors (Lipinski definition) is 2. The maximum Gasteiger partial charge on any atom is 0.141 e. The number of nitrogens with zero attached hydrogens (tertiary/aromatic N) is 2. The molecule has 15 heavy (non-hydrogen) atoms. The van der Waals surface area contributed by atoms with Crippen molar-refractivity contribution < 1.29 is 5.11 Å². The molecule has 1 heterocycles. The summed E-state index contributed by atoms with van der Waals surface area (Å²) >= 11 is 0. The molecule has 1 rings (SSSR count). The second-order valence-corrected chi connectivity index (χ2v) is 3.58. The summed E-state index contributed by atoms with van der Waals surface area (Å²) in [5.41, 5.74) is 0. The normalized spacial score (nSPS) is 12.7. The van der Waals surface area contributed by atoms with Crippen LogP contribution in [0.25, 0.3) is 0 Å². The van der Waals surface area contributed by atoms with Crippen molar-refractivity contribution in [2.45, 2.75) is 26.3 Å². The van der Waals surface area contributed by atoms with Gasteiger partial charge in [0.2, 0.25) is 0 Å². The Balaban J connectivity index is 2.20. The SMILES string of the molecule is CCC(CCO)CNCc1ncccn1. The van der Waals surface area contributed by atoms with Gasteiger partial charge in [0.1, 0.15) is 5.82 Å². The van der Waals surface area contributed by atoms with E-state index in [9.17, 15) is 0 Å². The molecule has 0 saturated heterocycles. The first-order chi connectivity index (χ1) is 7.36. The molecule has 4 nitrogen and oxygen atoms in total. The van der Waals surface area contributed by atoms with Gasteiger partial charge in [-0.25, -0.2) is 9.97 Å². The predicted molar refractivity (Wildman–Crippen MR) is 59.2 cm³/mol. The van der Waals surface area contributed by atoms with E-state index < -0.39 is 0 Å². The van der Waals surface area contributed by atoms with Gasteiger partial charge in [-0.3, -0.25) is 0 Å². The van der Waals surface area contributed by atoms with Crippen molar-refractivity contribution in [2.75, 3.05) is 13.2 Å². The first-order valence-electron chi connectivity index (χ1n) is 5.44. The van der Waals surface area contributed by atoms with Crippen LogP contribution in [0.5, 0.6) is 0 Å². The summed E-state index contributed by atoms with van der Waals surface area (Å²) in [6, 6.07) is 1.81. The average molecular weight is 209 g/mol. The first-order valence-corrected chi connectivity index (χ1v) is 5.44. The van der Waals surface area contributed by atoms with Crippen LogP contribution >= 0.6 is 0 Å². The van der Waals surface area contributed by atoms with Crippen molar-refractivity contribution >= 4 is 0 Å². The molecule has 1 aromatic heterocycles. The molecule has 0 radical (unpaired) electrons. The molecule has 0 aliphatic carbocycles. The summed E-state index contributed by atoms with van der Waals surface area (Å²) in [6.45, 7) is 4.02. The molecule has 4 heteroatoms. The van der Waals surface area contributed by atoms with Gasteiger partial charge in [-0.1, -0.05) is 13.3 Å². The van der Waals surface area contributed by atoms with E-state index in [2.05, 4.69) is 22.2 Å². The molecule has 0 aromatic carbocycles. The van der Waals surface area contributed by atoms with Gasteiger partial charge in [0.15, 0.2) is 0 Å². The maximum atomic E-state index is 8.83. The highest BCUT2D eigenvalue weighted by atomic mass is 16.3. The third kappa shape index (κ3) is 4.85. The van der Waals surface area contributed by atoms with Crippen LogP contribution in [0, 0.1) is 5.92 Å². The van der Waals surface area contributed by atoms with Crippen molar-refractivity contribution in [3.05, 3.63) is 24.3 Å². The minimum atomic E-state index is 0.266. The first kappa shape index (κ1) is 12.1. The molecule has 0 fully saturated rings. The Kier molecular flexibility index (Phi) is 5.88. The van der Waals surface area contributed by atoms with Gasteiger partial charge in [-0.2, -0.15) is 0 Å². The van der Waals surface area contributed by atoms with Crippen molar-refractivity contribution in [1.82, 2.24) is 15.3 Å².